The molecule has 0 unspecified atom stereocenters. The maximum atomic E-state index is 12.6. The van der Waals surface area contributed by atoms with Crippen molar-refractivity contribution < 1.29 is 24.2 Å². The predicted molar refractivity (Wildman–Crippen MR) is 97.5 cm³/mol. The van der Waals surface area contributed by atoms with E-state index in [2.05, 4.69) is 10.3 Å². The van der Waals surface area contributed by atoms with Crippen molar-refractivity contribution in [2.45, 2.75) is 31.4 Å². The summed E-state index contributed by atoms with van der Waals surface area (Å²) in [7, 11) is 0. The van der Waals surface area contributed by atoms with Crippen LogP contribution in [0.3, 0.4) is 0 Å². The molecule has 7 heteroatoms. The van der Waals surface area contributed by atoms with Crippen LogP contribution in [0.25, 0.3) is 0 Å². The van der Waals surface area contributed by atoms with Gasteiger partial charge in [-0.3, -0.25) is 14.6 Å². The van der Waals surface area contributed by atoms with Crippen molar-refractivity contribution >= 4 is 11.9 Å². The molecule has 1 saturated heterocycles. The van der Waals surface area contributed by atoms with Crippen LogP contribution >= 0.6 is 0 Å². The fourth-order valence-electron chi connectivity index (χ4n) is 3.06. The van der Waals surface area contributed by atoms with Crippen LogP contribution in [0, 0.1) is 0 Å². The number of nitrogens with one attached hydrogen (secondary N) is 1. The quantitative estimate of drug-likeness (QED) is 0.777. The first-order chi connectivity index (χ1) is 13.1. The van der Waals surface area contributed by atoms with Crippen LogP contribution in [0.5, 0.6) is 5.75 Å². The molecule has 2 N–H and O–H groups in total. The Morgan fingerprint density at radius 3 is 2.41 bits per heavy atom. The average molecular weight is 370 g/mol. The molecule has 0 saturated carbocycles. The Kier molecular flexibility index (Phi) is 6.03. The SMILES string of the molecule is O=C(O)CC1(NC(=O)c2ccc(OCc3ccncc3)cc2)CCOCC1. The predicted octanol–water partition coefficient (Wildman–Crippen LogP) is 2.41. The third kappa shape index (κ3) is 5.27. The van der Waals surface area contributed by atoms with Gasteiger partial charge >= 0.3 is 5.97 Å². The average Bonchev–Trinajstić information content (AvgIpc) is 2.67. The number of carbonyl (C=O) groups excluding carboxylic acids is 1. The summed E-state index contributed by atoms with van der Waals surface area (Å²) in [5, 5.41) is 12.1. The molecule has 2 aromatic rings. The number of pyridine rings is 1. The van der Waals surface area contributed by atoms with Gasteiger partial charge in [0.25, 0.3) is 5.91 Å². The van der Waals surface area contributed by atoms with Gasteiger partial charge in [0.1, 0.15) is 12.4 Å². The molecule has 27 heavy (non-hydrogen) atoms. The summed E-state index contributed by atoms with van der Waals surface area (Å²) in [4.78, 5) is 27.8. The van der Waals surface area contributed by atoms with Crippen molar-refractivity contribution in [1.29, 1.82) is 0 Å². The minimum atomic E-state index is -0.933. The third-order valence-corrected chi connectivity index (χ3v) is 4.59. The highest BCUT2D eigenvalue weighted by molar-refractivity contribution is 5.95. The number of amides is 1. The summed E-state index contributed by atoms with van der Waals surface area (Å²) in [6, 6.07) is 10.5. The van der Waals surface area contributed by atoms with E-state index in [9.17, 15) is 14.7 Å². The normalized spacial score (nSPS) is 15.7. The van der Waals surface area contributed by atoms with E-state index in [1.54, 1.807) is 36.7 Å². The molecular weight excluding hydrogens is 348 g/mol. The monoisotopic (exact) mass is 370 g/mol. The molecule has 7 nitrogen and oxygen atoms in total. The summed E-state index contributed by atoms with van der Waals surface area (Å²) in [5.41, 5.74) is 0.696. The van der Waals surface area contributed by atoms with Crippen molar-refractivity contribution in [3.63, 3.8) is 0 Å². The van der Waals surface area contributed by atoms with E-state index >= 15 is 0 Å². The highest BCUT2D eigenvalue weighted by Gasteiger charge is 2.36. The van der Waals surface area contributed by atoms with E-state index in [4.69, 9.17) is 9.47 Å². The zero-order chi connectivity index (χ0) is 19.1. The molecule has 1 amide bonds. The third-order valence-electron chi connectivity index (χ3n) is 4.59. The summed E-state index contributed by atoms with van der Waals surface area (Å²) in [5.74, 6) is -0.578. The van der Waals surface area contributed by atoms with Crippen molar-refractivity contribution in [2.75, 3.05) is 13.2 Å². The minimum Gasteiger partial charge on any atom is -0.489 e. The smallest absolute Gasteiger partial charge is 0.305 e. The number of carbonyl (C=O) groups is 2. The number of carboxylic acids is 1. The standard InChI is InChI=1S/C20H22N2O5/c23-18(24)13-20(7-11-26-12-8-20)22-19(25)16-1-3-17(4-2-16)27-14-15-5-9-21-10-6-15/h1-6,9-10H,7-8,11-14H2,(H,22,25)(H,23,24). The highest BCUT2D eigenvalue weighted by Crippen LogP contribution is 2.25. The summed E-state index contributed by atoms with van der Waals surface area (Å²) >= 11 is 0. The van der Waals surface area contributed by atoms with Crippen LogP contribution < -0.4 is 10.1 Å². The van der Waals surface area contributed by atoms with E-state index in [1.165, 1.54) is 0 Å². The number of hydrogen-bond donors (Lipinski definition) is 2. The molecule has 1 aromatic heterocycles. The minimum absolute atomic E-state index is 0.116. The van der Waals surface area contributed by atoms with Crippen molar-refractivity contribution in [3.8, 4) is 5.75 Å². The lowest BCUT2D eigenvalue weighted by molar-refractivity contribution is -0.139. The Bertz CT molecular complexity index is 771. The molecule has 0 spiro atoms. The molecule has 0 radical (unpaired) electrons. The number of carboxylic acid groups (broad SMARTS) is 1. The van der Waals surface area contributed by atoms with Crippen LogP contribution in [0.4, 0.5) is 0 Å². The van der Waals surface area contributed by atoms with Crippen molar-refractivity contribution in [2.24, 2.45) is 0 Å². The fourth-order valence-corrected chi connectivity index (χ4v) is 3.06. The van der Waals surface area contributed by atoms with Crippen LogP contribution in [0.2, 0.25) is 0 Å². The maximum absolute atomic E-state index is 12.6. The van der Waals surface area contributed by atoms with Gasteiger partial charge in [-0.05, 0) is 54.8 Å². The lowest BCUT2D eigenvalue weighted by Crippen LogP contribution is -2.53. The van der Waals surface area contributed by atoms with E-state index in [-0.39, 0.29) is 12.3 Å². The first-order valence-corrected chi connectivity index (χ1v) is 8.80. The first-order valence-electron chi connectivity index (χ1n) is 8.80. The first kappa shape index (κ1) is 18.8. The molecule has 1 fully saturated rings. The van der Waals surface area contributed by atoms with Gasteiger partial charge in [-0.2, -0.15) is 0 Å². The largest absolute Gasteiger partial charge is 0.489 e. The van der Waals surface area contributed by atoms with E-state index < -0.39 is 11.5 Å². The van der Waals surface area contributed by atoms with Crippen LogP contribution in [0.1, 0.15) is 35.2 Å². The number of ether oxygens (including phenoxy) is 2. The Hall–Kier alpha value is -2.93. The van der Waals surface area contributed by atoms with E-state index in [1.807, 2.05) is 12.1 Å². The summed E-state index contributed by atoms with van der Waals surface area (Å²) in [6.45, 7) is 1.29. The van der Waals surface area contributed by atoms with Gasteiger partial charge in [0.2, 0.25) is 0 Å². The van der Waals surface area contributed by atoms with E-state index in [0.29, 0.717) is 44.0 Å². The topological polar surface area (TPSA) is 97.8 Å². The van der Waals surface area contributed by atoms with Crippen LogP contribution in [-0.4, -0.2) is 40.7 Å². The molecule has 142 valence electrons. The summed E-state index contributed by atoms with van der Waals surface area (Å²) < 4.78 is 11.0. The number of hydrogen-bond acceptors (Lipinski definition) is 5. The molecule has 0 atom stereocenters. The van der Waals surface area contributed by atoms with E-state index in [0.717, 1.165) is 5.56 Å². The summed E-state index contributed by atoms with van der Waals surface area (Å²) in [6.07, 6.45) is 4.26. The number of aliphatic carboxylic acids is 1. The molecule has 1 aliphatic rings. The number of aromatic nitrogens is 1. The number of benzene rings is 1. The molecule has 0 aliphatic carbocycles. The van der Waals surface area contributed by atoms with Crippen LogP contribution in [0.15, 0.2) is 48.8 Å². The second kappa shape index (κ2) is 8.64. The zero-order valence-electron chi connectivity index (χ0n) is 14.9. The maximum Gasteiger partial charge on any atom is 0.305 e. The van der Waals surface area contributed by atoms with Gasteiger partial charge in [0.15, 0.2) is 0 Å². The van der Waals surface area contributed by atoms with Crippen molar-refractivity contribution in [1.82, 2.24) is 10.3 Å². The van der Waals surface area contributed by atoms with Gasteiger partial charge in [-0.25, -0.2) is 0 Å². The van der Waals surface area contributed by atoms with Gasteiger partial charge in [-0.15, -0.1) is 0 Å². The Balaban J connectivity index is 1.61. The molecule has 2 heterocycles. The highest BCUT2D eigenvalue weighted by atomic mass is 16.5. The van der Waals surface area contributed by atoms with Gasteiger partial charge in [-0.1, -0.05) is 0 Å². The second-order valence-corrected chi connectivity index (χ2v) is 6.59. The van der Waals surface area contributed by atoms with Crippen molar-refractivity contribution in [3.05, 3.63) is 59.9 Å². The fraction of sp³-hybridized carbons (Fsp3) is 0.350. The Labute approximate surface area is 157 Å². The zero-order valence-corrected chi connectivity index (χ0v) is 14.9. The number of nitrogens with zero attached hydrogens (tertiary/aromatic N) is 1. The van der Waals surface area contributed by atoms with Gasteiger partial charge in [0.05, 0.1) is 12.0 Å². The molecular formula is C20H22N2O5. The Morgan fingerprint density at radius 1 is 1.11 bits per heavy atom. The Morgan fingerprint density at radius 2 is 1.78 bits per heavy atom. The van der Waals surface area contributed by atoms with Gasteiger partial charge < -0.3 is 19.9 Å². The lowest BCUT2D eigenvalue weighted by Gasteiger charge is -2.36. The lowest BCUT2D eigenvalue weighted by atomic mass is 9.86. The molecule has 0 bridgehead atoms. The molecule has 1 aliphatic heterocycles. The molecule has 3 rings (SSSR count). The second-order valence-electron chi connectivity index (χ2n) is 6.59. The van der Waals surface area contributed by atoms with Gasteiger partial charge in [0, 0.05) is 31.2 Å². The van der Waals surface area contributed by atoms with Crippen LogP contribution in [-0.2, 0) is 16.1 Å². The molecule has 1 aromatic carbocycles. The number of rotatable bonds is 7.